The van der Waals surface area contributed by atoms with Crippen molar-refractivity contribution in [1.82, 2.24) is 5.32 Å². The van der Waals surface area contributed by atoms with Crippen LogP contribution >= 0.6 is 0 Å². The van der Waals surface area contributed by atoms with Crippen LogP contribution in [0.4, 0.5) is 10.1 Å². The monoisotopic (exact) mass is 282 g/mol. The second-order valence-corrected chi connectivity index (χ2v) is 6.39. The molecule has 0 aromatic heterocycles. The first kappa shape index (κ1) is 15.2. The average molecular weight is 282 g/mol. The van der Waals surface area contributed by atoms with Crippen molar-refractivity contribution >= 4 is 5.69 Å². The van der Waals surface area contributed by atoms with Gasteiger partial charge in [-0.1, -0.05) is 12.1 Å². The molecular formula is C15H23FN2O2. The van der Waals surface area contributed by atoms with Crippen LogP contribution < -0.4 is 10.2 Å². The fourth-order valence-electron chi connectivity index (χ4n) is 2.37. The van der Waals surface area contributed by atoms with Gasteiger partial charge in [0.25, 0.3) is 0 Å². The summed E-state index contributed by atoms with van der Waals surface area (Å²) in [5.74, 6) is -0.320. The smallest absolute Gasteiger partial charge is 0.146 e. The number of hydrogen-bond acceptors (Lipinski definition) is 4. The van der Waals surface area contributed by atoms with E-state index in [0.717, 1.165) is 5.56 Å². The summed E-state index contributed by atoms with van der Waals surface area (Å²) in [4.78, 5) is 1.71. The van der Waals surface area contributed by atoms with Gasteiger partial charge in [0.05, 0.1) is 17.9 Å². The highest BCUT2D eigenvalue weighted by atomic mass is 19.1. The van der Waals surface area contributed by atoms with E-state index in [9.17, 15) is 14.6 Å². The molecule has 1 fully saturated rings. The van der Waals surface area contributed by atoms with E-state index in [1.807, 2.05) is 6.07 Å². The van der Waals surface area contributed by atoms with Crippen LogP contribution in [-0.2, 0) is 6.54 Å². The van der Waals surface area contributed by atoms with Crippen LogP contribution in [0.1, 0.15) is 26.3 Å². The predicted octanol–water partition coefficient (Wildman–Crippen LogP) is 1.26. The lowest BCUT2D eigenvalue weighted by Crippen LogP contribution is -2.36. The molecule has 3 N–H and O–H groups in total. The molecule has 0 saturated carbocycles. The molecule has 1 heterocycles. The lowest BCUT2D eigenvalue weighted by molar-refractivity contribution is 0.0572. The van der Waals surface area contributed by atoms with Gasteiger partial charge < -0.3 is 20.4 Å². The zero-order chi connectivity index (χ0) is 14.9. The zero-order valence-corrected chi connectivity index (χ0v) is 12.2. The quantitative estimate of drug-likeness (QED) is 0.781. The number of nitrogens with zero attached hydrogens (tertiary/aromatic N) is 1. The molecule has 1 saturated heterocycles. The second-order valence-electron chi connectivity index (χ2n) is 6.39. The van der Waals surface area contributed by atoms with Gasteiger partial charge in [-0.05, 0) is 32.4 Å². The van der Waals surface area contributed by atoms with E-state index in [2.05, 4.69) is 26.1 Å². The number of hydrogen-bond donors (Lipinski definition) is 3. The number of para-hydroxylation sites is 1. The summed E-state index contributed by atoms with van der Waals surface area (Å²) in [6, 6.07) is 4.96. The van der Waals surface area contributed by atoms with Crippen molar-refractivity contribution < 1.29 is 14.6 Å². The number of aliphatic hydroxyl groups is 2. The third kappa shape index (κ3) is 3.48. The van der Waals surface area contributed by atoms with Crippen molar-refractivity contribution in [1.29, 1.82) is 0 Å². The Balaban J connectivity index is 2.23. The van der Waals surface area contributed by atoms with Gasteiger partial charge in [0.2, 0.25) is 0 Å². The van der Waals surface area contributed by atoms with Crippen molar-refractivity contribution in [2.24, 2.45) is 0 Å². The van der Waals surface area contributed by atoms with Gasteiger partial charge in [0, 0.05) is 25.2 Å². The molecule has 1 aromatic rings. The highest BCUT2D eigenvalue weighted by molar-refractivity contribution is 5.56. The Labute approximate surface area is 119 Å². The minimum Gasteiger partial charge on any atom is -0.389 e. The number of halogens is 1. The predicted molar refractivity (Wildman–Crippen MR) is 77.2 cm³/mol. The summed E-state index contributed by atoms with van der Waals surface area (Å²) in [5, 5.41) is 22.6. The van der Waals surface area contributed by atoms with Crippen molar-refractivity contribution in [2.75, 3.05) is 18.0 Å². The van der Waals surface area contributed by atoms with Crippen LogP contribution in [-0.4, -0.2) is 41.0 Å². The SMILES string of the molecule is CC(C)(C)NCc1cccc(F)c1N1CC(O)C(O)C1. The second kappa shape index (κ2) is 5.68. The Kier molecular flexibility index (Phi) is 4.32. The molecular weight excluding hydrogens is 259 g/mol. The zero-order valence-electron chi connectivity index (χ0n) is 12.2. The van der Waals surface area contributed by atoms with Crippen LogP contribution in [0.15, 0.2) is 18.2 Å². The van der Waals surface area contributed by atoms with Crippen molar-refractivity contribution in [3.63, 3.8) is 0 Å². The van der Waals surface area contributed by atoms with Crippen LogP contribution in [0.2, 0.25) is 0 Å². The van der Waals surface area contributed by atoms with Gasteiger partial charge in [-0.25, -0.2) is 4.39 Å². The average Bonchev–Trinajstić information content (AvgIpc) is 2.65. The number of aliphatic hydroxyl groups excluding tert-OH is 2. The molecule has 0 radical (unpaired) electrons. The first-order valence-electron chi connectivity index (χ1n) is 6.91. The molecule has 112 valence electrons. The Morgan fingerprint density at radius 3 is 2.40 bits per heavy atom. The summed E-state index contributed by atoms with van der Waals surface area (Å²) in [6.07, 6.45) is -1.64. The number of anilines is 1. The molecule has 1 aromatic carbocycles. The summed E-state index contributed by atoms with van der Waals surface area (Å²) < 4.78 is 14.1. The van der Waals surface area contributed by atoms with Gasteiger partial charge in [-0.2, -0.15) is 0 Å². The minimum absolute atomic E-state index is 0.0619. The van der Waals surface area contributed by atoms with Gasteiger partial charge in [0.1, 0.15) is 5.82 Å². The number of nitrogens with one attached hydrogen (secondary N) is 1. The maximum atomic E-state index is 14.1. The summed E-state index contributed by atoms with van der Waals surface area (Å²) in [7, 11) is 0. The molecule has 2 atom stereocenters. The van der Waals surface area contributed by atoms with Crippen molar-refractivity contribution in [3.8, 4) is 0 Å². The molecule has 4 nitrogen and oxygen atoms in total. The highest BCUT2D eigenvalue weighted by Gasteiger charge is 2.32. The fourth-order valence-corrected chi connectivity index (χ4v) is 2.37. The minimum atomic E-state index is -0.821. The molecule has 5 heteroatoms. The number of benzene rings is 1. The van der Waals surface area contributed by atoms with E-state index in [1.54, 1.807) is 11.0 Å². The van der Waals surface area contributed by atoms with Crippen molar-refractivity contribution in [2.45, 2.75) is 45.1 Å². The largest absolute Gasteiger partial charge is 0.389 e. The summed E-state index contributed by atoms with van der Waals surface area (Å²) in [5.41, 5.74) is 1.24. The van der Waals surface area contributed by atoms with E-state index in [1.165, 1.54) is 6.07 Å². The van der Waals surface area contributed by atoms with Crippen LogP contribution in [0, 0.1) is 5.82 Å². The van der Waals surface area contributed by atoms with E-state index in [-0.39, 0.29) is 24.4 Å². The summed E-state index contributed by atoms with van der Waals surface area (Å²) >= 11 is 0. The first-order valence-corrected chi connectivity index (χ1v) is 6.91. The van der Waals surface area contributed by atoms with Gasteiger partial charge in [0.15, 0.2) is 0 Å². The molecule has 2 rings (SSSR count). The molecule has 0 spiro atoms. The molecule has 2 unspecified atom stereocenters. The van der Waals surface area contributed by atoms with Gasteiger partial charge in [-0.3, -0.25) is 0 Å². The Bertz CT molecular complexity index is 463. The maximum absolute atomic E-state index is 14.1. The standard InChI is InChI=1S/C15H23FN2O2/c1-15(2,3)17-7-10-5-4-6-11(16)14(10)18-8-12(19)13(20)9-18/h4-6,12-13,17,19-20H,7-9H2,1-3H3. The van der Waals surface area contributed by atoms with Crippen LogP contribution in [0.25, 0.3) is 0 Å². The topological polar surface area (TPSA) is 55.7 Å². The molecule has 20 heavy (non-hydrogen) atoms. The Morgan fingerprint density at radius 2 is 1.85 bits per heavy atom. The first-order chi connectivity index (χ1) is 9.28. The normalized spacial score (nSPS) is 23.4. The van der Waals surface area contributed by atoms with Crippen LogP contribution in [0.5, 0.6) is 0 Å². The third-order valence-corrected chi connectivity index (χ3v) is 3.45. The highest BCUT2D eigenvalue weighted by Crippen LogP contribution is 2.28. The number of β-amino-alcohol motifs (C(OH)–C–C–N with tert-alkyl or cyclic N) is 2. The van der Waals surface area contributed by atoms with Crippen LogP contribution in [0.3, 0.4) is 0 Å². The van der Waals surface area contributed by atoms with E-state index >= 15 is 0 Å². The third-order valence-electron chi connectivity index (χ3n) is 3.45. The molecule has 0 amide bonds. The molecule has 1 aliphatic heterocycles. The Hall–Kier alpha value is -1.17. The van der Waals surface area contributed by atoms with E-state index < -0.39 is 12.2 Å². The lowest BCUT2D eigenvalue weighted by Gasteiger charge is -2.25. The fraction of sp³-hybridized carbons (Fsp3) is 0.600. The summed E-state index contributed by atoms with van der Waals surface area (Å²) in [6.45, 7) is 7.20. The van der Waals surface area contributed by atoms with Crippen molar-refractivity contribution in [3.05, 3.63) is 29.6 Å². The molecule has 1 aliphatic rings. The Morgan fingerprint density at radius 1 is 1.25 bits per heavy atom. The van der Waals surface area contributed by atoms with E-state index in [0.29, 0.717) is 12.2 Å². The molecule has 0 aliphatic carbocycles. The maximum Gasteiger partial charge on any atom is 0.146 e. The number of rotatable bonds is 3. The molecule has 0 bridgehead atoms. The van der Waals surface area contributed by atoms with E-state index in [4.69, 9.17) is 0 Å². The van der Waals surface area contributed by atoms with Gasteiger partial charge in [-0.15, -0.1) is 0 Å². The lowest BCUT2D eigenvalue weighted by atomic mass is 10.1. The van der Waals surface area contributed by atoms with Gasteiger partial charge >= 0.3 is 0 Å².